The average molecular weight is 289 g/mol. The highest BCUT2D eigenvalue weighted by atomic mass is 19.1. The number of halogens is 2. The number of benzene rings is 2. The van der Waals surface area contributed by atoms with Crippen LogP contribution in [0.25, 0.3) is 0 Å². The molecule has 3 rings (SSSR count). The van der Waals surface area contributed by atoms with Crippen LogP contribution in [0.4, 0.5) is 14.5 Å². The van der Waals surface area contributed by atoms with E-state index in [9.17, 15) is 13.9 Å². The van der Waals surface area contributed by atoms with Gasteiger partial charge in [-0.3, -0.25) is 4.99 Å². The van der Waals surface area contributed by atoms with Gasteiger partial charge in [-0.25, -0.2) is 8.78 Å². The van der Waals surface area contributed by atoms with Gasteiger partial charge in [0.15, 0.2) is 17.5 Å². The van der Waals surface area contributed by atoms with Crippen LogP contribution >= 0.6 is 0 Å². The SMILES string of the molecule is NC1=NCC(c2ccc(O)c(F)c2)N1c1ccccc1F. The molecule has 3 N–H and O–H groups in total. The van der Waals surface area contributed by atoms with Gasteiger partial charge in [0.1, 0.15) is 5.82 Å². The van der Waals surface area contributed by atoms with Gasteiger partial charge < -0.3 is 15.7 Å². The number of phenols is 1. The molecule has 2 aromatic rings. The molecular formula is C15H13F2N3O. The number of guanidine groups is 1. The monoisotopic (exact) mass is 289 g/mol. The highest BCUT2D eigenvalue weighted by Gasteiger charge is 2.30. The van der Waals surface area contributed by atoms with Crippen LogP contribution in [0.5, 0.6) is 5.75 Å². The first-order valence-electron chi connectivity index (χ1n) is 6.40. The fourth-order valence-corrected chi connectivity index (χ4v) is 2.42. The van der Waals surface area contributed by atoms with E-state index in [2.05, 4.69) is 4.99 Å². The minimum absolute atomic E-state index is 0.179. The van der Waals surface area contributed by atoms with Crippen LogP contribution in [0.1, 0.15) is 11.6 Å². The van der Waals surface area contributed by atoms with Crippen LogP contribution in [0.3, 0.4) is 0 Å². The first-order chi connectivity index (χ1) is 10.1. The van der Waals surface area contributed by atoms with E-state index in [1.165, 1.54) is 23.1 Å². The van der Waals surface area contributed by atoms with Gasteiger partial charge in [-0.2, -0.15) is 0 Å². The first-order valence-corrected chi connectivity index (χ1v) is 6.40. The van der Waals surface area contributed by atoms with Gasteiger partial charge in [0, 0.05) is 0 Å². The Morgan fingerprint density at radius 3 is 2.62 bits per heavy atom. The molecule has 1 aliphatic rings. The van der Waals surface area contributed by atoms with E-state index in [0.29, 0.717) is 12.1 Å². The van der Waals surface area contributed by atoms with E-state index in [1.807, 2.05) is 0 Å². The third kappa shape index (κ3) is 2.29. The molecule has 0 saturated heterocycles. The Labute approximate surface area is 120 Å². The molecule has 6 heteroatoms. The number of aromatic hydroxyl groups is 1. The van der Waals surface area contributed by atoms with Crippen molar-refractivity contribution in [1.29, 1.82) is 0 Å². The Morgan fingerprint density at radius 1 is 1.14 bits per heavy atom. The lowest BCUT2D eigenvalue weighted by Gasteiger charge is -2.27. The zero-order valence-corrected chi connectivity index (χ0v) is 11.0. The number of phenolic OH excluding ortho intramolecular Hbond substituents is 1. The van der Waals surface area contributed by atoms with Gasteiger partial charge in [0.05, 0.1) is 18.3 Å². The van der Waals surface area contributed by atoms with Gasteiger partial charge in [-0.1, -0.05) is 18.2 Å². The predicted octanol–water partition coefficient (Wildman–Crippen LogP) is 2.55. The van der Waals surface area contributed by atoms with Crippen molar-refractivity contribution in [3.8, 4) is 5.75 Å². The maximum Gasteiger partial charge on any atom is 0.196 e. The summed E-state index contributed by atoms with van der Waals surface area (Å²) in [7, 11) is 0. The molecule has 1 unspecified atom stereocenters. The van der Waals surface area contributed by atoms with E-state index in [1.54, 1.807) is 24.3 Å². The summed E-state index contributed by atoms with van der Waals surface area (Å²) in [4.78, 5) is 5.64. The molecule has 1 heterocycles. The van der Waals surface area contributed by atoms with E-state index in [-0.39, 0.29) is 11.6 Å². The minimum Gasteiger partial charge on any atom is -0.505 e. The van der Waals surface area contributed by atoms with Crippen LogP contribution in [-0.2, 0) is 0 Å². The molecule has 1 atom stereocenters. The smallest absolute Gasteiger partial charge is 0.196 e. The quantitative estimate of drug-likeness (QED) is 0.893. The molecule has 0 aromatic heterocycles. The number of para-hydroxylation sites is 1. The fraction of sp³-hybridized carbons (Fsp3) is 0.133. The first kappa shape index (κ1) is 13.4. The molecule has 0 spiro atoms. The lowest BCUT2D eigenvalue weighted by atomic mass is 10.0. The molecule has 0 fully saturated rings. The second-order valence-electron chi connectivity index (χ2n) is 4.75. The molecule has 0 bridgehead atoms. The van der Waals surface area contributed by atoms with Gasteiger partial charge >= 0.3 is 0 Å². The Bertz CT molecular complexity index is 718. The summed E-state index contributed by atoms with van der Waals surface area (Å²) in [6.07, 6.45) is 0. The van der Waals surface area contributed by atoms with Crippen molar-refractivity contribution in [3.63, 3.8) is 0 Å². The van der Waals surface area contributed by atoms with E-state index < -0.39 is 23.4 Å². The maximum absolute atomic E-state index is 14.0. The largest absolute Gasteiger partial charge is 0.505 e. The molecule has 1 aliphatic heterocycles. The summed E-state index contributed by atoms with van der Waals surface area (Å²) < 4.78 is 27.5. The van der Waals surface area contributed by atoms with E-state index in [0.717, 1.165) is 0 Å². The summed E-state index contributed by atoms with van der Waals surface area (Å²) in [5.41, 5.74) is 6.70. The van der Waals surface area contributed by atoms with Crippen LogP contribution in [0.2, 0.25) is 0 Å². The summed E-state index contributed by atoms with van der Waals surface area (Å²) in [5.74, 6) is -1.41. The number of anilines is 1. The van der Waals surface area contributed by atoms with Crippen molar-refractivity contribution in [2.45, 2.75) is 6.04 Å². The number of rotatable bonds is 2. The molecule has 2 aromatic carbocycles. The van der Waals surface area contributed by atoms with Gasteiger partial charge in [0.25, 0.3) is 0 Å². The molecule has 0 amide bonds. The average Bonchev–Trinajstić information content (AvgIpc) is 2.84. The molecule has 0 saturated carbocycles. The van der Waals surface area contributed by atoms with Crippen LogP contribution in [0.15, 0.2) is 47.5 Å². The zero-order chi connectivity index (χ0) is 15.0. The number of hydrogen-bond acceptors (Lipinski definition) is 4. The van der Waals surface area contributed by atoms with Gasteiger partial charge in [-0.15, -0.1) is 0 Å². The Balaban J connectivity index is 2.03. The third-order valence-corrected chi connectivity index (χ3v) is 3.45. The van der Waals surface area contributed by atoms with Crippen LogP contribution < -0.4 is 10.6 Å². The van der Waals surface area contributed by atoms with Crippen LogP contribution in [0, 0.1) is 11.6 Å². The van der Waals surface area contributed by atoms with E-state index >= 15 is 0 Å². The summed E-state index contributed by atoms with van der Waals surface area (Å²) in [5, 5.41) is 9.26. The van der Waals surface area contributed by atoms with Crippen molar-refractivity contribution < 1.29 is 13.9 Å². The predicted molar refractivity (Wildman–Crippen MR) is 76.2 cm³/mol. The Kier molecular flexibility index (Phi) is 3.21. The molecular weight excluding hydrogens is 276 g/mol. The number of hydrogen-bond donors (Lipinski definition) is 2. The fourth-order valence-electron chi connectivity index (χ4n) is 2.42. The summed E-state index contributed by atoms with van der Waals surface area (Å²) >= 11 is 0. The van der Waals surface area contributed by atoms with E-state index in [4.69, 9.17) is 5.73 Å². The second-order valence-corrected chi connectivity index (χ2v) is 4.75. The molecule has 0 radical (unpaired) electrons. The van der Waals surface area contributed by atoms with Gasteiger partial charge in [0.2, 0.25) is 0 Å². The standard InChI is InChI=1S/C15H13F2N3O/c16-10-3-1-2-4-12(10)20-13(8-19-15(20)18)9-5-6-14(21)11(17)7-9/h1-7,13,21H,8H2,(H2,18,19). The molecule has 0 aliphatic carbocycles. The highest BCUT2D eigenvalue weighted by molar-refractivity contribution is 5.97. The maximum atomic E-state index is 14.0. The van der Waals surface area contributed by atoms with Crippen molar-refractivity contribution in [1.82, 2.24) is 0 Å². The summed E-state index contributed by atoms with van der Waals surface area (Å²) in [6.45, 7) is 0.296. The second kappa shape index (κ2) is 5.05. The van der Waals surface area contributed by atoms with Crippen molar-refractivity contribution in [3.05, 3.63) is 59.7 Å². The summed E-state index contributed by atoms with van der Waals surface area (Å²) in [6, 6.07) is 9.83. The number of aliphatic imine (C=N–C) groups is 1. The van der Waals surface area contributed by atoms with Crippen molar-refractivity contribution >= 4 is 11.6 Å². The number of nitrogens with zero attached hydrogens (tertiary/aromatic N) is 2. The van der Waals surface area contributed by atoms with Crippen molar-refractivity contribution in [2.75, 3.05) is 11.4 Å². The minimum atomic E-state index is -0.730. The Morgan fingerprint density at radius 2 is 1.90 bits per heavy atom. The van der Waals surface area contributed by atoms with Crippen LogP contribution in [-0.4, -0.2) is 17.6 Å². The lowest BCUT2D eigenvalue weighted by Crippen LogP contribution is -2.36. The molecule has 108 valence electrons. The lowest BCUT2D eigenvalue weighted by molar-refractivity contribution is 0.431. The van der Waals surface area contributed by atoms with Gasteiger partial charge in [-0.05, 0) is 29.8 Å². The molecule has 21 heavy (non-hydrogen) atoms. The third-order valence-electron chi connectivity index (χ3n) is 3.45. The highest BCUT2D eigenvalue weighted by Crippen LogP contribution is 2.33. The topological polar surface area (TPSA) is 61.9 Å². The van der Waals surface area contributed by atoms with Crippen molar-refractivity contribution in [2.24, 2.45) is 10.7 Å². The molecule has 4 nitrogen and oxygen atoms in total. The number of nitrogens with two attached hydrogens (primary N) is 1. The Hall–Kier alpha value is -2.63. The normalized spacial score (nSPS) is 17.9. The zero-order valence-electron chi connectivity index (χ0n) is 11.0.